The number of amides is 1. The Morgan fingerprint density at radius 1 is 1.62 bits per heavy atom. The number of nitrogens with zero attached hydrogens (tertiary/aromatic N) is 3. The highest BCUT2D eigenvalue weighted by molar-refractivity contribution is 5.89. The van der Waals surface area contributed by atoms with Crippen LogP contribution in [0.2, 0.25) is 0 Å². The fourth-order valence-electron chi connectivity index (χ4n) is 1.90. The fraction of sp³-hybridized carbons (Fsp3) is 0.500. The largest absolute Gasteiger partial charge is 0.478 e. The molecule has 6 heteroatoms. The Hall–Kier alpha value is -1.85. The van der Waals surface area contributed by atoms with E-state index in [2.05, 4.69) is 5.10 Å². The van der Waals surface area contributed by atoms with Crippen molar-refractivity contribution in [2.45, 2.75) is 19.4 Å². The summed E-state index contributed by atoms with van der Waals surface area (Å²) in [4.78, 5) is 24.2. The maximum absolute atomic E-state index is 11.7. The summed E-state index contributed by atoms with van der Waals surface area (Å²) in [6.07, 6.45) is 2.11. The van der Waals surface area contributed by atoms with Gasteiger partial charge < -0.3 is 10.0 Å². The van der Waals surface area contributed by atoms with Crippen LogP contribution in [0.5, 0.6) is 0 Å². The SMILES string of the molecule is Cc1nn(C2CCN(C)C2=O)cc1C(=O)O. The second-order valence-electron chi connectivity index (χ2n) is 3.98. The molecule has 1 atom stereocenters. The highest BCUT2D eigenvalue weighted by Crippen LogP contribution is 2.22. The number of carbonyl (C=O) groups excluding carboxylic acids is 1. The Morgan fingerprint density at radius 3 is 2.75 bits per heavy atom. The monoisotopic (exact) mass is 223 g/mol. The summed E-state index contributed by atoms with van der Waals surface area (Å²) >= 11 is 0. The number of rotatable bonds is 2. The zero-order valence-corrected chi connectivity index (χ0v) is 9.17. The first-order chi connectivity index (χ1) is 7.50. The van der Waals surface area contributed by atoms with Crippen LogP contribution in [0.15, 0.2) is 6.20 Å². The van der Waals surface area contributed by atoms with Gasteiger partial charge in [-0.3, -0.25) is 9.48 Å². The normalized spacial score (nSPS) is 20.5. The molecule has 0 saturated carbocycles. The molecule has 1 aromatic heterocycles. The molecule has 1 saturated heterocycles. The minimum absolute atomic E-state index is 0.0144. The molecule has 16 heavy (non-hydrogen) atoms. The summed E-state index contributed by atoms with van der Waals surface area (Å²) in [6, 6.07) is -0.350. The van der Waals surface area contributed by atoms with Gasteiger partial charge in [-0.05, 0) is 13.3 Å². The average molecular weight is 223 g/mol. The number of likely N-dealkylation sites (N-methyl/N-ethyl adjacent to an activating group) is 1. The van der Waals surface area contributed by atoms with Crippen LogP contribution in [0.3, 0.4) is 0 Å². The number of likely N-dealkylation sites (tertiary alicyclic amines) is 1. The van der Waals surface area contributed by atoms with Gasteiger partial charge in [0, 0.05) is 19.8 Å². The Kier molecular flexibility index (Phi) is 2.41. The molecule has 0 aliphatic carbocycles. The summed E-state index contributed by atoms with van der Waals surface area (Å²) < 4.78 is 1.46. The number of aromatic nitrogens is 2. The lowest BCUT2D eigenvalue weighted by Crippen LogP contribution is -2.24. The topological polar surface area (TPSA) is 75.4 Å². The molecule has 0 spiro atoms. The van der Waals surface area contributed by atoms with Gasteiger partial charge in [0.2, 0.25) is 5.91 Å². The molecule has 1 fully saturated rings. The second kappa shape index (κ2) is 3.62. The molecule has 2 rings (SSSR count). The quantitative estimate of drug-likeness (QED) is 0.782. The third-order valence-corrected chi connectivity index (χ3v) is 2.87. The highest BCUT2D eigenvalue weighted by atomic mass is 16.4. The summed E-state index contributed by atoms with van der Waals surface area (Å²) in [5.41, 5.74) is 0.595. The fourth-order valence-corrected chi connectivity index (χ4v) is 1.90. The number of aromatic carboxylic acids is 1. The van der Waals surface area contributed by atoms with Crippen LogP contribution in [0.1, 0.15) is 28.5 Å². The lowest BCUT2D eigenvalue weighted by atomic mass is 10.2. The Balaban J connectivity index is 2.32. The Bertz CT molecular complexity index is 452. The van der Waals surface area contributed by atoms with E-state index in [0.717, 1.165) is 0 Å². The lowest BCUT2D eigenvalue weighted by molar-refractivity contribution is -0.129. The highest BCUT2D eigenvalue weighted by Gasteiger charge is 2.31. The van der Waals surface area contributed by atoms with Crippen molar-refractivity contribution in [1.29, 1.82) is 0 Å². The van der Waals surface area contributed by atoms with Crippen LogP contribution in [0.4, 0.5) is 0 Å². The van der Waals surface area contributed by atoms with Crippen molar-refractivity contribution in [3.8, 4) is 0 Å². The Morgan fingerprint density at radius 2 is 2.31 bits per heavy atom. The van der Waals surface area contributed by atoms with E-state index in [-0.39, 0.29) is 17.5 Å². The van der Waals surface area contributed by atoms with Crippen LogP contribution < -0.4 is 0 Å². The standard InChI is InChI=1S/C10H13N3O3/c1-6-7(10(15)16)5-13(11-6)8-3-4-12(2)9(8)14/h5,8H,3-4H2,1-2H3,(H,15,16). The van der Waals surface area contributed by atoms with Crippen molar-refractivity contribution in [3.05, 3.63) is 17.5 Å². The van der Waals surface area contributed by atoms with Gasteiger partial charge >= 0.3 is 5.97 Å². The van der Waals surface area contributed by atoms with E-state index in [0.29, 0.717) is 18.7 Å². The minimum Gasteiger partial charge on any atom is -0.478 e. The first-order valence-electron chi connectivity index (χ1n) is 5.04. The first kappa shape index (κ1) is 10.7. The van der Waals surface area contributed by atoms with E-state index in [4.69, 9.17) is 5.11 Å². The van der Waals surface area contributed by atoms with Crippen LogP contribution in [0, 0.1) is 6.92 Å². The van der Waals surface area contributed by atoms with Crippen LogP contribution in [0.25, 0.3) is 0 Å². The van der Waals surface area contributed by atoms with Crippen molar-refractivity contribution in [3.63, 3.8) is 0 Å². The number of hydrogen-bond donors (Lipinski definition) is 1. The molecule has 1 aromatic rings. The van der Waals surface area contributed by atoms with E-state index in [1.54, 1.807) is 18.9 Å². The number of aryl methyl sites for hydroxylation is 1. The van der Waals surface area contributed by atoms with Gasteiger partial charge in [-0.2, -0.15) is 5.10 Å². The molecule has 2 heterocycles. The number of carboxylic acids is 1. The van der Waals surface area contributed by atoms with E-state index in [1.807, 2.05) is 0 Å². The maximum atomic E-state index is 11.7. The van der Waals surface area contributed by atoms with Gasteiger partial charge in [0.05, 0.1) is 5.69 Å². The second-order valence-corrected chi connectivity index (χ2v) is 3.98. The third kappa shape index (κ3) is 1.56. The summed E-state index contributed by atoms with van der Waals surface area (Å²) in [6.45, 7) is 2.31. The first-order valence-corrected chi connectivity index (χ1v) is 5.04. The van der Waals surface area contributed by atoms with Gasteiger partial charge in [-0.1, -0.05) is 0 Å². The van der Waals surface area contributed by atoms with Gasteiger partial charge in [0.15, 0.2) is 0 Å². The summed E-state index contributed by atoms with van der Waals surface area (Å²) in [5, 5.41) is 13.0. The van der Waals surface area contributed by atoms with E-state index >= 15 is 0 Å². The zero-order valence-electron chi connectivity index (χ0n) is 9.17. The molecule has 0 aromatic carbocycles. The predicted molar refractivity (Wildman–Crippen MR) is 55.2 cm³/mol. The van der Waals surface area contributed by atoms with Gasteiger partial charge in [0.1, 0.15) is 11.6 Å². The Labute approximate surface area is 92.5 Å². The molecular formula is C10H13N3O3. The van der Waals surface area contributed by atoms with Crippen molar-refractivity contribution >= 4 is 11.9 Å². The zero-order chi connectivity index (χ0) is 11.9. The van der Waals surface area contributed by atoms with Gasteiger partial charge in [-0.15, -0.1) is 0 Å². The number of hydrogen-bond acceptors (Lipinski definition) is 3. The average Bonchev–Trinajstić information content (AvgIpc) is 2.73. The van der Waals surface area contributed by atoms with Crippen LogP contribution >= 0.6 is 0 Å². The molecule has 86 valence electrons. The molecule has 1 aliphatic heterocycles. The predicted octanol–water partition coefficient (Wildman–Crippen LogP) is 0.293. The maximum Gasteiger partial charge on any atom is 0.339 e. The van der Waals surface area contributed by atoms with Crippen molar-refractivity contribution in [1.82, 2.24) is 14.7 Å². The molecule has 0 bridgehead atoms. The van der Waals surface area contributed by atoms with Crippen LogP contribution in [-0.4, -0.2) is 45.3 Å². The van der Waals surface area contributed by atoms with Gasteiger partial charge in [0.25, 0.3) is 0 Å². The van der Waals surface area contributed by atoms with Gasteiger partial charge in [-0.25, -0.2) is 4.79 Å². The smallest absolute Gasteiger partial charge is 0.339 e. The van der Waals surface area contributed by atoms with E-state index in [9.17, 15) is 9.59 Å². The lowest BCUT2D eigenvalue weighted by Gasteiger charge is -2.10. The summed E-state index contributed by atoms with van der Waals surface area (Å²) in [7, 11) is 1.73. The van der Waals surface area contributed by atoms with E-state index in [1.165, 1.54) is 10.9 Å². The molecule has 1 amide bonds. The van der Waals surface area contributed by atoms with E-state index < -0.39 is 5.97 Å². The molecular weight excluding hydrogens is 210 g/mol. The van der Waals surface area contributed by atoms with Crippen molar-refractivity contribution in [2.24, 2.45) is 0 Å². The summed E-state index contributed by atoms with van der Waals surface area (Å²) in [5.74, 6) is -1.03. The molecule has 1 aliphatic rings. The van der Waals surface area contributed by atoms with Crippen molar-refractivity contribution in [2.75, 3.05) is 13.6 Å². The molecule has 1 unspecified atom stereocenters. The van der Waals surface area contributed by atoms with Crippen LogP contribution in [-0.2, 0) is 4.79 Å². The molecule has 0 radical (unpaired) electrons. The number of carbonyl (C=O) groups is 2. The minimum atomic E-state index is -1.01. The number of carboxylic acid groups (broad SMARTS) is 1. The molecule has 1 N–H and O–H groups in total. The third-order valence-electron chi connectivity index (χ3n) is 2.87. The molecule has 6 nitrogen and oxygen atoms in total. The van der Waals surface area contributed by atoms with Crippen molar-refractivity contribution < 1.29 is 14.7 Å².